The third-order valence-corrected chi connectivity index (χ3v) is 3.77. The highest BCUT2D eigenvalue weighted by Crippen LogP contribution is 2.25. The maximum atomic E-state index is 12.1. The summed E-state index contributed by atoms with van der Waals surface area (Å²) in [4.78, 5) is 4.40. The number of alkyl halides is 3. The summed E-state index contributed by atoms with van der Waals surface area (Å²) in [6, 6.07) is 5.88. The minimum absolute atomic E-state index is 0.00793. The van der Waals surface area contributed by atoms with Crippen molar-refractivity contribution >= 4 is 11.3 Å². The van der Waals surface area contributed by atoms with Gasteiger partial charge in [0, 0.05) is 17.8 Å². The Balaban J connectivity index is 2.08. The fraction of sp³-hybridized carbons (Fsp3) is 0.357. The quantitative estimate of drug-likeness (QED) is 0.910. The number of rotatable bonds is 5. The monoisotopic (exact) mass is 316 g/mol. The summed E-state index contributed by atoms with van der Waals surface area (Å²) in [6.45, 7) is 1.94. The van der Waals surface area contributed by atoms with Gasteiger partial charge >= 0.3 is 6.36 Å². The Bertz CT molecular complexity index is 581. The van der Waals surface area contributed by atoms with Crippen LogP contribution in [0.25, 0.3) is 0 Å². The second-order valence-corrected chi connectivity index (χ2v) is 5.58. The fourth-order valence-corrected chi connectivity index (χ4v) is 2.62. The van der Waals surface area contributed by atoms with Crippen LogP contribution < -0.4 is 10.1 Å². The molecule has 1 N–H and O–H groups in total. The number of thiazole rings is 1. The molecule has 0 aliphatic carbocycles. The molecule has 0 bridgehead atoms. The highest BCUT2D eigenvalue weighted by molar-refractivity contribution is 7.09. The van der Waals surface area contributed by atoms with Crippen molar-refractivity contribution < 1.29 is 17.9 Å². The third kappa shape index (κ3) is 4.71. The number of aryl methyl sites for hydroxylation is 1. The molecule has 0 saturated heterocycles. The molecule has 0 amide bonds. The Labute approximate surface area is 124 Å². The summed E-state index contributed by atoms with van der Waals surface area (Å²) in [7, 11) is 1.81. The van der Waals surface area contributed by atoms with Gasteiger partial charge in [-0.05, 0) is 31.7 Å². The lowest BCUT2D eigenvalue weighted by Crippen LogP contribution is -2.19. The van der Waals surface area contributed by atoms with Crippen molar-refractivity contribution in [1.29, 1.82) is 0 Å². The van der Waals surface area contributed by atoms with E-state index in [2.05, 4.69) is 15.0 Å². The number of halogens is 3. The van der Waals surface area contributed by atoms with Crippen molar-refractivity contribution in [3.63, 3.8) is 0 Å². The molecule has 1 unspecified atom stereocenters. The van der Waals surface area contributed by atoms with Crippen LogP contribution in [0.1, 0.15) is 22.3 Å². The summed E-state index contributed by atoms with van der Waals surface area (Å²) in [6.07, 6.45) is -3.98. The second-order valence-electron chi connectivity index (χ2n) is 4.52. The zero-order valence-corrected chi connectivity index (χ0v) is 12.4. The molecule has 0 aliphatic heterocycles. The fourth-order valence-electron chi connectivity index (χ4n) is 2.00. The van der Waals surface area contributed by atoms with E-state index >= 15 is 0 Å². The van der Waals surface area contributed by atoms with E-state index in [1.54, 1.807) is 23.5 Å². The van der Waals surface area contributed by atoms with Crippen LogP contribution in [0.3, 0.4) is 0 Å². The van der Waals surface area contributed by atoms with E-state index in [9.17, 15) is 13.2 Å². The Morgan fingerprint density at radius 1 is 1.29 bits per heavy atom. The first kappa shape index (κ1) is 15.8. The van der Waals surface area contributed by atoms with E-state index in [1.807, 2.05) is 19.4 Å². The van der Waals surface area contributed by atoms with Crippen LogP contribution in [0.4, 0.5) is 13.2 Å². The Kier molecular flexibility index (Phi) is 4.84. The number of benzene rings is 1. The number of ether oxygens (including phenoxy) is 1. The van der Waals surface area contributed by atoms with Gasteiger partial charge in [-0.3, -0.25) is 0 Å². The van der Waals surface area contributed by atoms with Gasteiger partial charge in [0.15, 0.2) is 0 Å². The minimum Gasteiger partial charge on any atom is -0.406 e. The summed E-state index contributed by atoms with van der Waals surface area (Å²) in [5.41, 5.74) is 1.85. The smallest absolute Gasteiger partial charge is 0.406 e. The van der Waals surface area contributed by atoms with E-state index in [4.69, 9.17) is 0 Å². The zero-order valence-electron chi connectivity index (χ0n) is 11.6. The first-order chi connectivity index (χ1) is 9.87. The first-order valence-corrected chi connectivity index (χ1v) is 7.19. The van der Waals surface area contributed by atoms with Crippen LogP contribution in [0.5, 0.6) is 5.75 Å². The average Bonchev–Trinajstić information content (AvgIpc) is 2.81. The SMILES string of the molecule is CNC(Cc1csc(C)n1)c1ccc(OC(F)(F)F)cc1. The standard InChI is InChI=1S/C14H15F3N2OS/c1-9-19-11(8-21-9)7-13(18-2)10-3-5-12(6-4-10)20-14(15,16)17/h3-6,8,13,18H,7H2,1-2H3. The maximum Gasteiger partial charge on any atom is 0.573 e. The summed E-state index contributed by atoms with van der Waals surface area (Å²) >= 11 is 1.58. The number of hydrogen-bond acceptors (Lipinski definition) is 4. The lowest BCUT2D eigenvalue weighted by molar-refractivity contribution is -0.274. The molecule has 0 saturated carbocycles. The molecule has 2 rings (SSSR count). The van der Waals surface area contributed by atoms with Crippen molar-refractivity contribution in [1.82, 2.24) is 10.3 Å². The van der Waals surface area contributed by atoms with Gasteiger partial charge in [0.1, 0.15) is 5.75 Å². The molecule has 2 aromatic rings. The van der Waals surface area contributed by atoms with Gasteiger partial charge in [-0.15, -0.1) is 24.5 Å². The van der Waals surface area contributed by atoms with Crippen molar-refractivity contribution in [2.75, 3.05) is 7.05 Å². The van der Waals surface area contributed by atoms with Crippen LogP contribution in [0.2, 0.25) is 0 Å². The zero-order chi connectivity index (χ0) is 15.5. The van der Waals surface area contributed by atoms with Gasteiger partial charge in [0.05, 0.1) is 10.7 Å². The summed E-state index contributed by atoms with van der Waals surface area (Å²) in [5, 5.41) is 6.13. The number of hydrogen-bond donors (Lipinski definition) is 1. The van der Waals surface area contributed by atoms with Crippen LogP contribution >= 0.6 is 11.3 Å². The Morgan fingerprint density at radius 3 is 2.43 bits per heavy atom. The summed E-state index contributed by atoms with van der Waals surface area (Å²) in [5.74, 6) is -0.217. The molecule has 114 valence electrons. The van der Waals surface area contributed by atoms with Gasteiger partial charge in [-0.25, -0.2) is 4.98 Å². The van der Waals surface area contributed by atoms with Crippen LogP contribution in [0.15, 0.2) is 29.6 Å². The number of nitrogens with zero attached hydrogens (tertiary/aromatic N) is 1. The highest BCUT2D eigenvalue weighted by Gasteiger charge is 2.31. The second kappa shape index (κ2) is 6.44. The normalized spacial score (nSPS) is 13.2. The van der Waals surface area contributed by atoms with E-state index in [-0.39, 0.29) is 11.8 Å². The molecule has 0 fully saturated rings. The van der Waals surface area contributed by atoms with Crippen molar-refractivity contribution in [2.24, 2.45) is 0 Å². The van der Waals surface area contributed by atoms with E-state index in [0.717, 1.165) is 16.3 Å². The predicted octanol–water partition coefficient (Wildman–Crippen LogP) is 3.85. The molecule has 0 radical (unpaired) electrons. The first-order valence-electron chi connectivity index (χ1n) is 6.31. The van der Waals surface area contributed by atoms with Crippen molar-refractivity contribution in [3.8, 4) is 5.75 Å². The maximum absolute atomic E-state index is 12.1. The molecule has 1 aromatic carbocycles. The van der Waals surface area contributed by atoms with Gasteiger partial charge in [0.25, 0.3) is 0 Å². The minimum atomic E-state index is -4.66. The number of likely N-dealkylation sites (N-methyl/N-ethyl adjacent to an activating group) is 1. The lowest BCUT2D eigenvalue weighted by atomic mass is 10.0. The molecule has 7 heteroatoms. The van der Waals surface area contributed by atoms with Crippen molar-refractivity contribution in [3.05, 3.63) is 45.9 Å². The van der Waals surface area contributed by atoms with E-state index in [0.29, 0.717) is 6.42 Å². The molecule has 0 spiro atoms. The van der Waals surface area contributed by atoms with E-state index < -0.39 is 6.36 Å². The average molecular weight is 316 g/mol. The van der Waals surface area contributed by atoms with Crippen LogP contribution in [-0.4, -0.2) is 18.4 Å². The molecule has 1 aromatic heterocycles. The van der Waals surface area contributed by atoms with Gasteiger partial charge in [-0.1, -0.05) is 12.1 Å². The summed E-state index contributed by atoms with van der Waals surface area (Å²) < 4.78 is 40.2. The highest BCUT2D eigenvalue weighted by atomic mass is 32.1. The van der Waals surface area contributed by atoms with Crippen LogP contribution in [0, 0.1) is 6.92 Å². The molecular formula is C14H15F3N2OS. The third-order valence-electron chi connectivity index (χ3n) is 2.94. The molecule has 1 heterocycles. The van der Waals surface area contributed by atoms with Gasteiger partial charge in [-0.2, -0.15) is 0 Å². The Hall–Kier alpha value is -1.60. The topological polar surface area (TPSA) is 34.2 Å². The predicted molar refractivity (Wildman–Crippen MR) is 75.5 cm³/mol. The number of nitrogens with one attached hydrogen (secondary N) is 1. The largest absolute Gasteiger partial charge is 0.573 e. The lowest BCUT2D eigenvalue weighted by Gasteiger charge is -2.16. The van der Waals surface area contributed by atoms with Gasteiger partial charge in [0.2, 0.25) is 0 Å². The molecule has 0 aliphatic rings. The molecular weight excluding hydrogens is 301 g/mol. The number of aromatic nitrogens is 1. The Morgan fingerprint density at radius 2 is 1.95 bits per heavy atom. The van der Waals surface area contributed by atoms with Crippen LogP contribution in [-0.2, 0) is 6.42 Å². The molecule has 21 heavy (non-hydrogen) atoms. The van der Waals surface area contributed by atoms with Gasteiger partial charge < -0.3 is 10.1 Å². The molecule has 1 atom stereocenters. The molecule has 3 nitrogen and oxygen atoms in total. The van der Waals surface area contributed by atoms with Crippen molar-refractivity contribution in [2.45, 2.75) is 25.7 Å². The van der Waals surface area contributed by atoms with E-state index in [1.165, 1.54) is 12.1 Å².